The molecule has 2 heterocycles. The van der Waals surface area contributed by atoms with E-state index in [0.29, 0.717) is 37.6 Å². The summed E-state index contributed by atoms with van der Waals surface area (Å²) in [6.07, 6.45) is 2.23. The number of hydrogen-bond acceptors (Lipinski definition) is 6. The highest BCUT2D eigenvalue weighted by Crippen LogP contribution is 2.40. The molecular formula is C28H31FN2O5. The van der Waals surface area contributed by atoms with Gasteiger partial charge in [-0.1, -0.05) is 30.9 Å². The standard InChI is InChI=1S/C28H31FN2O5/c1-3-15-36-23-10-9-20(18-19(23)2)26(32)24-25(21-7-4-5-8-22(21)29)31(28(34)27(24)33)12-6-11-30-13-16-35-17-14-30/h3-5,7-10,18,25,32H,1,6,11-17H2,2H3/t25-/m1/s1. The highest BCUT2D eigenvalue weighted by Gasteiger charge is 2.46. The summed E-state index contributed by atoms with van der Waals surface area (Å²) in [5.41, 5.74) is 1.15. The zero-order valence-corrected chi connectivity index (χ0v) is 20.4. The summed E-state index contributed by atoms with van der Waals surface area (Å²) in [4.78, 5) is 29.9. The van der Waals surface area contributed by atoms with Crippen molar-refractivity contribution in [3.8, 4) is 5.75 Å². The molecule has 2 saturated heterocycles. The van der Waals surface area contributed by atoms with Gasteiger partial charge in [0.15, 0.2) is 0 Å². The van der Waals surface area contributed by atoms with Crippen LogP contribution in [0.5, 0.6) is 5.75 Å². The van der Waals surface area contributed by atoms with Crippen LogP contribution in [0.4, 0.5) is 4.39 Å². The SMILES string of the molecule is C=CCOc1ccc(C(O)=C2C(=O)C(=O)N(CCCN3CCOCC3)[C@@H]2c2ccccc2F)cc1C. The molecule has 0 saturated carbocycles. The minimum Gasteiger partial charge on any atom is -0.507 e. The maximum atomic E-state index is 15.0. The number of amides is 1. The Hall–Kier alpha value is -3.49. The Morgan fingerprint density at radius 3 is 2.64 bits per heavy atom. The second-order valence-electron chi connectivity index (χ2n) is 8.90. The van der Waals surface area contributed by atoms with Gasteiger partial charge in [0.1, 0.15) is 23.9 Å². The average Bonchev–Trinajstić information content (AvgIpc) is 3.13. The number of morpholine rings is 1. The number of aryl methyl sites for hydroxylation is 1. The zero-order chi connectivity index (χ0) is 25.7. The molecule has 2 aromatic carbocycles. The van der Waals surface area contributed by atoms with Gasteiger partial charge < -0.3 is 19.5 Å². The summed E-state index contributed by atoms with van der Waals surface area (Å²) in [7, 11) is 0. The number of ketones is 1. The molecular weight excluding hydrogens is 463 g/mol. The van der Waals surface area contributed by atoms with Gasteiger partial charge in [0.2, 0.25) is 0 Å². The molecule has 2 aliphatic rings. The number of ether oxygens (including phenoxy) is 2. The molecule has 36 heavy (non-hydrogen) atoms. The van der Waals surface area contributed by atoms with E-state index < -0.39 is 23.5 Å². The van der Waals surface area contributed by atoms with Gasteiger partial charge in [0.25, 0.3) is 11.7 Å². The number of aliphatic hydroxyl groups is 1. The first-order chi connectivity index (χ1) is 17.4. The predicted molar refractivity (Wildman–Crippen MR) is 134 cm³/mol. The van der Waals surface area contributed by atoms with Crippen LogP contribution < -0.4 is 4.74 Å². The highest BCUT2D eigenvalue weighted by atomic mass is 19.1. The lowest BCUT2D eigenvalue weighted by Gasteiger charge is -2.29. The molecule has 2 aromatic rings. The first-order valence-electron chi connectivity index (χ1n) is 12.1. The highest BCUT2D eigenvalue weighted by molar-refractivity contribution is 6.46. The van der Waals surface area contributed by atoms with Crippen molar-refractivity contribution in [1.82, 2.24) is 9.80 Å². The van der Waals surface area contributed by atoms with Gasteiger partial charge in [-0.2, -0.15) is 0 Å². The summed E-state index contributed by atoms with van der Waals surface area (Å²) in [5.74, 6) is -1.83. The van der Waals surface area contributed by atoms with E-state index in [2.05, 4.69) is 11.5 Å². The molecule has 0 bridgehead atoms. The van der Waals surface area contributed by atoms with Gasteiger partial charge >= 0.3 is 0 Å². The number of hydrogen-bond donors (Lipinski definition) is 1. The van der Waals surface area contributed by atoms with Crippen molar-refractivity contribution in [2.45, 2.75) is 19.4 Å². The van der Waals surface area contributed by atoms with Gasteiger partial charge in [-0.3, -0.25) is 14.5 Å². The van der Waals surface area contributed by atoms with Crippen molar-refractivity contribution in [1.29, 1.82) is 0 Å². The average molecular weight is 495 g/mol. The first kappa shape index (κ1) is 25.6. The fourth-order valence-electron chi connectivity index (χ4n) is 4.68. The molecule has 4 rings (SSSR count). The number of likely N-dealkylation sites (tertiary alicyclic amines) is 1. The molecule has 1 amide bonds. The van der Waals surface area contributed by atoms with Crippen LogP contribution in [-0.4, -0.2) is 72.6 Å². The lowest BCUT2D eigenvalue weighted by atomic mass is 9.94. The molecule has 8 heteroatoms. The Bertz CT molecular complexity index is 1170. The van der Waals surface area contributed by atoms with Gasteiger partial charge in [0, 0.05) is 37.3 Å². The number of rotatable bonds is 9. The molecule has 7 nitrogen and oxygen atoms in total. The van der Waals surface area contributed by atoms with Crippen molar-refractivity contribution >= 4 is 17.4 Å². The van der Waals surface area contributed by atoms with Crippen LogP contribution in [0.1, 0.15) is 29.2 Å². The second kappa shape index (κ2) is 11.5. The number of carbonyl (C=O) groups is 2. The molecule has 0 aliphatic carbocycles. The molecule has 0 radical (unpaired) electrons. The largest absolute Gasteiger partial charge is 0.507 e. The fourth-order valence-corrected chi connectivity index (χ4v) is 4.68. The summed E-state index contributed by atoms with van der Waals surface area (Å²) in [6.45, 7) is 9.69. The Balaban J connectivity index is 1.68. The topological polar surface area (TPSA) is 79.3 Å². The number of benzene rings is 2. The maximum absolute atomic E-state index is 15.0. The van der Waals surface area contributed by atoms with E-state index in [-0.39, 0.29) is 23.4 Å². The molecule has 1 atom stereocenters. The van der Waals surface area contributed by atoms with Gasteiger partial charge in [-0.15, -0.1) is 0 Å². The van der Waals surface area contributed by atoms with Crippen LogP contribution in [0.3, 0.4) is 0 Å². The number of aliphatic hydroxyl groups excluding tert-OH is 1. The smallest absolute Gasteiger partial charge is 0.295 e. The number of nitrogens with zero attached hydrogens (tertiary/aromatic N) is 2. The van der Waals surface area contributed by atoms with E-state index in [1.165, 1.54) is 11.0 Å². The van der Waals surface area contributed by atoms with Gasteiger partial charge in [-0.25, -0.2) is 4.39 Å². The minimum absolute atomic E-state index is 0.115. The molecule has 1 N–H and O–H groups in total. The summed E-state index contributed by atoms with van der Waals surface area (Å²) in [5, 5.41) is 11.2. The summed E-state index contributed by atoms with van der Waals surface area (Å²) >= 11 is 0. The first-order valence-corrected chi connectivity index (χ1v) is 12.1. The van der Waals surface area contributed by atoms with Crippen LogP contribution in [0, 0.1) is 12.7 Å². The van der Waals surface area contributed by atoms with Crippen molar-refractivity contribution in [2.75, 3.05) is 46.0 Å². The zero-order valence-electron chi connectivity index (χ0n) is 20.4. The third kappa shape index (κ3) is 5.34. The van der Waals surface area contributed by atoms with Gasteiger partial charge in [0.05, 0.1) is 24.8 Å². The lowest BCUT2D eigenvalue weighted by molar-refractivity contribution is -0.140. The van der Waals surface area contributed by atoms with E-state index in [4.69, 9.17) is 9.47 Å². The second-order valence-corrected chi connectivity index (χ2v) is 8.90. The van der Waals surface area contributed by atoms with Crippen molar-refractivity contribution in [2.24, 2.45) is 0 Å². The van der Waals surface area contributed by atoms with Crippen LogP contribution in [-0.2, 0) is 14.3 Å². The Labute approximate surface area is 210 Å². The molecule has 2 fully saturated rings. The fraction of sp³-hybridized carbons (Fsp3) is 0.357. The third-order valence-corrected chi connectivity index (χ3v) is 6.52. The van der Waals surface area contributed by atoms with Crippen molar-refractivity contribution in [3.05, 3.63) is 83.2 Å². The molecule has 0 aromatic heterocycles. The van der Waals surface area contributed by atoms with Gasteiger partial charge in [-0.05, 0) is 43.2 Å². The maximum Gasteiger partial charge on any atom is 0.295 e. The van der Waals surface area contributed by atoms with E-state index in [1.54, 1.807) is 42.5 Å². The van der Waals surface area contributed by atoms with Crippen LogP contribution in [0.25, 0.3) is 5.76 Å². The van der Waals surface area contributed by atoms with Crippen molar-refractivity contribution in [3.63, 3.8) is 0 Å². The minimum atomic E-state index is -1.02. The Kier molecular flexibility index (Phi) is 8.18. The summed E-state index contributed by atoms with van der Waals surface area (Å²) < 4.78 is 25.9. The monoisotopic (exact) mass is 494 g/mol. The summed E-state index contributed by atoms with van der Waals surface area (Å²) in [6, 6.07) is 10.0. The van der Waals surface area contributed by atoms with Crippen LogP contribution >= 0.6 is 0 Å². The quantitative estimate of drug-likeness (QED) is 0.247. The number of carbonyl (C=O) groups excluding carboxylic acids is 2. The molecule has 190 valence electrons. The molecule has 0 unspecified atom stereocenters. The van der Waals surface area contributed by atoms with Crippen LogP contribution in [0.15, 0.2) is 60.7 Å². The lowest BCUT2D eigenvalue weighted by Crippen LogP contribution is -2.39. The van der Waals surface area contributed by atoms with E-state index in [0.717, 1.165) is 25.2 Å². The Morgan fingerprint density at radius 1 is 1.19 bits per heavy atom. The normalized spacial score (nSPS) is 20.1. The van der Waals surface area contributed by atoms with Crippen molar-refractivity contribution < 1.29 is 28.6 Å². The van der Waals surface area contributed by atoms with E-state index in [1.807, 2.05) is 6.92 Å². The number of Topliss-reactive ketones (excluding diaryl/α,β-unsaturated/α-hetero) is 1. The molecule has 0 spiro atoms. The molecule has 2 aliphatic heterocycles. The third-order valence-electron chi connectivity index (χ3n) is 6.52. The van der Waals surface area contributed by atoms with Crippen LogP contribution in [0.2, 0.25) is 0 Å². The van der Waals surface area contributed by atoms with E-state index in [9.17, 15) is 19.1 Å². The predicted octanol–water partition coefficient (Wildman–Crippen LogP) is 3.84. The van der Waals surface area contributed by atoms with E-state index >= 15 is 0 Å². The Morgan fingerprint density at radius 2 is 1.94 bits per heavy atom. The number of halogens is 1.